The molecule has 7 heteroatoms. The number of benzene rings is 1. The lowest BCUT2D eigenvalue weighted by Gasteiger charge is -2.07. The number of rotatable bonds is 7. The van der Waals surface area contributed by atoms with Gasteiger partial charge in [0, 0.05) is 13.1 Å². The highest BCUT2D eigenvalue weighted by molar-refractivity contribution is 7.89. The SMILES string of the molecule is CCOc1ccc(S(=O)(=O)NCCNC)cc1.Cl. The van der Waals surface area contributed by atoms with E-state index in [9.17, 15) is 8.42 Å². The van der Waals surface area contributed by atoms with Crippen molar-refractivity contribution >= 4 is 22.4 Å². The molecule has 0 aromatic heterocycles. The number of halogens is 1. The zero-order valence-electron chi connectivity index (χ0n) is 10.5. The predicted molar refractivity (Wildman–Crippen MR) is 74.0 cm³/mol. The van der Waals surface area contributed by atoms with Crippen LogP contribution >= 0.6 is 12.4 Å². The predicted octanol–water partition coefficient (Wildman–Crippen LogP) is 1.00. The molecule has 1 rings (SSSR count). The molecule has 0 atom stereocenters. The molecule has 0 bridgehead atoms. The molecule has 0 radical (unpaired) electrons. The van der Waals surface area contributed by atoms with Crippen LogP contribution in [0.15, 0.2) is 29.2 Å². The Morgan fingerprint density at radius 3 is 2.28 bits per heavy atom. The van der Waals surface area contributed by atoms with Gasteiger partial charge in [0.25, 0.3) is 0 Å². The number of likely N-dealkylation sites (N-methyl/N-ethyl adjacent to an activating group) is 1. The van der Waals surface area contributed by atoms with Gasteiger partial charge in [0.2, 0.25) is 10.0 Å². The van der Waals surface area contributed by atoms with Crippen molar-refractivity contribution in [3.05, 3.63) is 24.3 Å². The van der Waals surface area contributed by atoms with Crippen LogP contribution in [-0.2, 0) is 10.0 Å². The highest BCUT2D eigenvalue weighted by Gasteiger charge is 2.12. The average Bonchev–Trinajstić information content (AvgIpc) is 2.30. The summed E-state index contributed by atoms with van der Waals surface area (Å²) in [6.07, 6.45) is 0. The normalized spacial score (nSPS) is 10.8. The fraction of sp³-hybridized carbons (Fsp3) is 0.455. The molecule has 0 aliphatic rings. The Hall–Kier alpha value is -0.820. The van der Waals surface area contributed by atoms with Crippen LogP contribution in [0.1, 0.15) is 6.92 Å². The van der Waals surface area contributed by atoms with Gasteiger partial charge in [0.15, 0.2) is 0 Å². The minimum absolute atomic E-state index is 0. The molecular formula is C11H19ClN2O3S. The topological polar surface area (TPSA) is 67.4 Å². The van der Waals surface area contributed by atoms with E-state index >= 15 is 0 Å². The van der Waals surface area contributed by atoms with Crippen LogP contribution in [-0.4, -0.2) is 35.2 Å². The van der Waals surface area contributed by atoms with Crippen LogP contribution < -0.4 is 14.8 Å². The molecule has 0 saturated heterocycles. The summed E-state index contributed by atoms with van der Waals surface area (Å²) in [6, 6.07) is 6.37. The largest absolute Gasteiger partial charge is 0.494 e. The first-order valence-corrected chi connectivity index (χ1v) is 6.95. The van der Waals surface area contributed by atoms with Crippen molar-refractivity contribution in [2.45, 2.75) is 11.8 Å². The van der Waals surface area contributed by atoms with Crippen LogP contribution in [0.25, 0.3) is 0 Å². The lowest BCUT2D eigenvalue weighted by molar-refractivity contribution is 0.340. The zero-order valence-corrected chi connectivity index (χ0v) is 12.1. The second-order valence-electron chi connectivity index (χ2n) is 3.41. The first-order valence-electron chi connectivity index (χ1n) is 5.47. The molecule has 0 saturated carbocycles. The van der Waals surface area contributed by atoms with Crippen molar-refractivity contribution in [2.24, 2.45) is 0 Å². The first-order chi connectivity index (χ1) is 8.10. The summed E-state index contributed by atoms with van der Waals surface area (Å²) in [7, 11) is -1.64. The Labute approximate surface area is 114 Å². The van der Waals surface area contributed by atoms with Crippen LogP contribution in [0, 0.1) is 0 Å². The van der Waals surface area contributed by atoms with E-state index in [0.29, 0.717) is 25.4 Å². The van der Waals surface area contributed by atoms with Gasteiger partial charge in [-0.05, 0) is 38.2 Å². The van der Waals surface area contributed by atoms with Crippen LogP contribution in [0.5, 0.6) is 5.75 Å². The summed E-state index contributed by atoms with van der Waals surface area (Å²) in [4.78, 5) is 0.247. The van der Waals surface area contributed by atoms with Gasteiger partial charge in [-0.15, -0.1) is 12.4 Å². The van der Waals surface area contributed by atoms with Gasteiger partial charge in [0.1, 0.15) is 5.75 Å². The molecule has 0 aliphatic heterocycles. The Morgan fingerprint density at radius 2 is 1.78 bits per heavy atom. The Balaban J connectivity index is 0.00000289. The number of ether oxygens (including phenoxy) is 1. The number of sulfonamides is 1. The third kappa shape index (κ3) is 5.22. The molecule has 18 heavy (non-hydrogen) atoms. The summed E-state index contributed by atoms with van der Waals surface area (Å²) in [6.45, 7) is 3.40. The maximum atomic E-state index is 11.8. The van der Waals surface area contributed by atoms with E-state index in [-0.39, 0.29) is 17.3 Å². The van der Waals surface area contributed by atoms with E-state index in [1.807, 2.05) is 6.92 Å². The molecule has 5 nitrogen and oxygen atoms in total. The number of nitrogens with one attached hydrogen (secondary N) is 2. The van der Waals surface area contributed by atoms with Crippen molar-refractivity contribution in [1.29, 1.82) is 0 Å². The van der Waals surface area contributed by atoms with Crippen LogP contribution in [0.4, 0.5) is 0 Å². The maximum absolute atomic E-state index is 11.8. The fourth-order valence-corrected chi connectivity index (χ4v) is 2.31. The summed E-state index contributed by atoms with van der Waals surface area (Å²) in [5.74, 6) is 0.668. The molecule has 0 heterocycles. The van der Waals surface area contributed by atoms with Gasteiger partial charge in [0.05, 0.1) is 11.5 Å². The standard InChI is InChI=1S/C11H18N2O3S.ClH/c1-3-16-10-4-6-11(7-5-10)17(14,15)13-9-8-12-2;/h4-7,12-13H,3,8-9H2,1-2H3;1H. The molecule has 104 valence electrons. The van der Waals surface area contributed by atoms with Crippen molar-refractivity contribution in [3.8, 4) is 5.75 Å². The maximum Gasteiger partial charge on any atom is 0.240 e. The van der Waals surface area contributed by atoms with Gasteiger partial charge in [-0.25, -0.2) is 13.1 Å². The molecule has 0 amide bonds. The fourth-order valence-electron chi connectivity index (χ4n) is 1.28. The lowest BCUT2D eigenvalue weighted by atomic mass is 10.3. The van der Waals surface area contributed by atoms with Gasteiger partial charge in [-0.2, -0.15) is 0 Å². The minimum atomic E-state index is -3.41. The third-order valence-corrected chi connectivity index (χ3v) is 3.59. The van der Waals surface area contributed by atoms with E-state index in [2.05, 4.69) is 10.0 Å². The van der Waals surface area contributed by atoms with Gasteiger partial charge in [-0.1, -0.05) is 0 Å². The summed E-state index contributed by atoms with van der Waals surface area (Å²) in [5.41, 5.74) is 0. The molecule has 0 unspecified atom stereocenters. The van der Waals surface area contributed by atoms with Crippen molar-refractivity contribution < 1.29 is 13.2 Å². The molecule has 2 N–H and O–H groups in total. The van der Waals surface area contributed by atoms with E-state index in [1.54, 1.807) is 19.2 Å². The van der Waals surface area contributed by atoms with Gasteiger partial charge < -0.3 is 10.1 Å². The van der Waals surface area contributed by atoms with E-state index < -0.39 is 10.0 Å². The monoisotopic (exact) mass is 294 g/mol. The first kappa shape index (κ1) is 17.2. The van der Waals surface area contributed by atoms with E-state index in [4.69, 9.17) is 4.74 Å². The lowest BCUT2D eigenvalue weighted by Crippen LogP contribution is -2.30. The van der Waals surface area contributed by atoms with E-state index in [1.165, 1.54) is 12.1 Å². The van der Waals surface area contributed by atoms with Crippen molar-refractivity contribution in [3.63, 3.8) is 0 Å². The smallest absolute Gasteiger partial charge is 0.240 e. The second kappa shape index (κ2) is 8.31. The highest BCUT2D eigenvalue weighted by Crippen LogP contribution is 2.15. The zero-order chi connectivity index (χ0) is 12.7. The highest BCUT2D eigenvalue weighted by atomic mass is 35.5. The number of hydrogen-bond acceptors (Lipinski definition) is 4. The summed E-state index contributed by atoms with van der Waals surface area (Å²) < 4.78 is 31.3. The average molecular weight is 295 g/mol. The quantitative estimate of drug-likeness (QED) is 0.737. The molecule has 0 fully saturated rings. The summed E-state index contributed by atoms with van der Waals surface area (Å²) >= 11 is 0. The molecule has 0 spiro atoms. The van der Waals surface area contributed by atoms with Crippen LogP contribution in [0.3, 0.4) is 0 Å². The Bertz CT molecular complexity index is 434. The van der Waals surface area contributed by atoms with E-state index in [0.717, 1.165) is 0 Å². The van der Waals surface area contributed by atoms with Crippen LogP contribution in [0.2, 0.25) is 0 Å². The van der Waals surface area contributed by atoms with Crippen molar-refractivity contribution in [1.82, 2.24) is 10.0 Å². The molecule has 1 aromatic rings. The number of hydrogen-bond donors (Lipinski definition) is 2. The Morgan fingerprint density at radius 1 is 1.17 bits per heavy atom. The second-order valence-corrected chi connectivity index (χ2v) is 5.17. The molecule has 0 aliphatic carbocycles. The van der Waals surface area contributed by atoms with Crippen molar-refractivity contribution in [2.75, 3.05) is 26.7 Å². The molecular weight excluding hydrogens is 276 g/mol. The minimum Gasteiger partial charge on any atom is -0.494 e. The molecule has 1 aromatic carbocycles. The summed E-state index contributed by atoms with van der Waals surface area (Å²) in [5, 5.41) is 2.87. The van der Waals surface area contributed by atoms with Gasteiger partial charge >= 0.3 is 0 Å². The Kier molecular flexibility index (Phi) is 7.93. The third-order valence-electron chi connectivity index (χ3n) is 2.11. The van der Waals surface area contributed by atoms with Gasteiger partial charge in [-0.3, -0.25) is 0 Å².